The van der Waals surface area contributed by atoms with Crippen LogP contribution in [-0.2, 0) is 0 Å². The van der Waals surface area contributed by atoms with Gasteiger partial charge in [0, 0.05) is 44.5 Å². The van der Waals surface area contributed by atoms with E-state index in [9.17, 15) is 9.18 Å². The smallest absolute Gasteiger partial charge is 0.256 e. The molecule has 5 rings (SSSR count). The molecule has 2 saturated heterocycles. The molecule has 0 aliphatic carbocycles. The highest BCUT2D eigenvalue weighted by molar-refractivity contribution is 6.10. The molecule has 3 aromatic rings. The summed E-state index contributed by atoms with van der Waals surface area (Å²) in [4.78, 5) is 27.4. The molecule has 1 N–H and O–H groups in total. The fraction of sp³-hybridized carbons (Fsp3) is 0.423. The molecule has 1 atom stereocenters. The SMILES string of the molecule is Cc1cc(F)cc(-c2cnc3ccc(N4CCCC4)nc3c2C(=O)N(C)C[C@@H]2CCCN2)c1. The van der Waals surface area contributed by atoms with Gasteiger partial charge in [-0.2, -0.15) is 0 Å². The Kier molecular flexibility index (Phi) is 5.98. The number of aryl methyl sites for hydroxylation is 1. The van der Waals surface area contributed by atoms with Crippen LogP contribution >= 0.6 is 0 Å². The van der Waals surface area contributed by atoms with Crippen LogP contribution < -0.4 is 10.2 Å². The van der Waals surface area contributed by atoms with Crippen LogP contribution in [0.4, 0.5) is 10.2 Å². The number of amides is 1. The molecule has 1 aromatic carbocycles. The number of anilines is 1. The minimum absolute atomic E-state index is 0.112. The molecule has 2 aliphatic rings. The average Bonchev–Trinajstić information content (AvgIpc) is 3.51. The Labute approximate surface area is 193 Å². The van der Waals surface area contributed by atoms with Gasteiger partial charge >= 0.3 is 0 Å². The first-order chi connectivity index (χ1) is 16.0. The van der Waals surface area contributed by atoms with E-state index in [1.54, 1.807) is 11.1 Å². The summed E-state index contributed by atoms with van der Waals surface area (Å²) in [6.45, 7) is 5.39. The highest BCUT2D eigenvalue weighted by Crippen LogP contribution is 2.32. The Morgan fingerprint density at radius 1 is 1.21 bits per heavy atom. The molecule has 2 aliphatic heterocycles. The summed E-state index contributed by atoms with van der Waals surface area (Å²) < 4.78 is 14.3. The van der Waals surface area contributed by atoms with E-state index < -0.39 is 0 Å². The van der Waals surface area contributed by atoms with Crippen molar-refractivity contribution in [3.05, 3.63) is 53.5 Å². The molecule has 6 nitrogen and oxygen atoms in total. The fourth-order valence-corrected chi connectivity index (χ4v) is 5.02. The molecular formula is C26H30FN5O. The van der Waals surface area contributed by atoms with Gasteiger partial charge in [0.2, 0.25) is 0 Å². The maximum absolute atomic E-state index is 14.3. The molecule has 172 valence electrons. The van der Waals surface area contributed by atoms with Crippen molar-refractivity contribution in [3.63, 3.8) is 0 Å². The lowest BCUT2D eigenvalue weighted by atomic mass is 9.97. The van der Waals surface area contributed by atoms with Crippen molar-refractivity contribution in [2.24, 2.45) is 0 Å². The van der Waals surface area contributed by atoms with E-state index in [1.165, 1.54) is 12.1 Å². The lowest BCUT2D eigenvalue weighted by Gasteiger charge is -2.24. The van der Waals surface area contributed by atoms with Gasteiger partial charge in [-0.25, -0.2) is 9.37 Å². The number of benzene rings is 1. The average molecular weight is 448 g/mol. The first-order valence-corrected chi connectivity index (χ1v) is 11.8. The second-order valence-corrected chi connectivity index (χ2v) is 9.27. The number of rotatable bonds is 5. The number of halogens is 1. The summed E-state index contributed by atoms with van der Waals surface area (Å²) in [5.41, 5.74) is 3.80. The van der Waals surface area contributed by atoms with E-state index >= 15 is 0 Å². The van der Waals surface area contributed by atoms with Crippen LogP contribution in [0.15, 0.2) is 36.5 Å². The Morgan fingerprint density at radius 2 is 2.03 bits per heavy atom. The number of likely N-dealkylation sites (N-methyl/N-ethyl adjacent to an activating group) is 1. The van der Waals surface area contributed by atoms with Crippen molar-refractivity contribution in [1.29, 1.82) is 0 Å². The number of pyridine rings is 2. The Hall–Kier alpha value is -3.06. The number of aromatic nitrogens is 2. The predicted molar refractivity (Wildman–Crippen MR) is 129 cm³/mol. The largest absolute Gasteiger partial charge is 0.357 e. The standard InChI is InChI=1S/C26H30FN5O/c1-17-12-18(14-19(27)13-17)21-15-29-22-7-8-23(32-10-3-4-11-32)30-25(22)24(21)26(33)31(2)16-20-6-5-9-28-20/h7-8,12-15,20,28H,3-6,9-11,16H2,1-2H3/t20-/m0/s1. The Morgan fingerprint density at radius 3 is 2.76 bits per heavy atom. The number of carbonyl (C=O) groups excluding carboxylic acids is 1. The van der Waals surface area contributed by atoms with Gasteiger partial charge in [0.05, 0.1) is 11.1 Å². The van der Waals surface area contributed by atoms with E-state index in [1.807, 2.05) is 32.2 Å². The van der Waals surface area contributed by atoms with Crippen molar-refractivity contribution in [2.45, 2.75) is 38.6 Å². The first-order valence-electron chi connectivity index (χ1n) is 11.8. The van der Waals surface area contributed by atoms with E-state index in [0.29, 0.717) is 40.3 Å². The summed E-state index contributed by atoms with van der Waals surface area (Å²) in [6.07, 6.45) is 6.15. The molecule has 0 bridgehead atoms. The number of hydrogen-bond acceptors (Lipinski definition) is 5. The number of carbonyl (C=O) groups is 1. The molecule has 1 amide bonds. The zero-order valence-corrected chi connectivity index (χ0v) is 19.3. The number of nitrogens with zero attached hydrogens (tertiary/aromatic N) is 4. The van der Waals surface area contributed by atoms with Crippen LogP contribution in [0.25, 0.3) is 22.2 Å². The van der Waals surface area contributed by atoms with Crippen LogP contribution in [0, 0.1) is 12.7 Å². The maximum atomic E-state index is 14.3. The van der Waals surface area contributed by atoms with Crippen molar-refractivity contribution >= 4 is 22.8 Å². The number of hydrogen-bond donors (Lipinski definition) is 1. The summed E-state index contributed by atoms with van der Waals surface area (Å²) in [6, 6.07) is 9.06. The zero-order chi connectivity index (χ0) is 22.9. The fourth-order valence-electron chi connectivity index (χ4n) is 5.02. The maximum Gasteiger partial charge on any atom is 0.256 e. The summed E-state index contributed by atoms with van der Waals surface area (Å²) >= 11 is 0. The van der Waals surface area contributed by atoms with Crippen molar-refractivity contribution in [2.75, 3.05) is 38.1 Å². The van der Waals surface area contributed by atoms with Crippen LogP contribution in [0.2, 0.25) is 0 Å². The summed E-state index contributed by atoms with van der Waals surface area (Å²) in [7, 11) is 1.83. The van der Waals surface area contributed by atoms with Crippen molar-refractivity contribution < 1.29 is 9.18 Å². The normalized spacial score (nSPS) is 18.3. The number of nitrogens with one attached hydrogen (secondary N) is 1. The summed E-state index contributed by atoms with van der Waals surface area (Å²) in [5.74, 6) is 0.424. The highest BCUT2D eigenvalue weighted by atomic mass is 19.1. The quantitative estimate of drug-likeness (QED) is 0.636. The Balaban J connectivity index is 1.65. The minimum Gasteiger partial charge on any atom is -0.357 e. The van der Waals surface area contributed by atoms with E-state index in [2.05, 4.69) is 15.2 Å². The van der Waals surface area contributed by atoms with E-state index in [-0.39, 0.29) is 11.7 Å². The van der Waals surface area contributed by atoms with Gasteiger partial charge in [-0.15, -0.1) is 0 Å². The van der Waals surface area contributed by atoms with E-state index in [4.69, 9.17) is 4.98 Å². The molecule has 4 heterocycles. The second kappa shape index (κ2) is 9.06. The zero-order valence-electron chi connectivity index (χ0n) is 19.3. The molecule has 0 radical (unpaired) electrons. The molecule has 0 saturated carbocycles. The monoisotopic (exact) mass is 447 g/mol. The van der Waals surface area contributed by atoms with Gasteiger partial charge in [0.1, 0.15) is 17.2 Å². The van der Waals surface area contributed by atoms with Crippen molar-refractivity contribution in [1.82, 2.24) is 20.2 Å². The number of fused-ring (bicyclic) bond motifs is 1. The van der Waals surface area contributed by atoms with Crippen LogP contribution in [-0.4, -0.2) is 60.0 Å². The molecule has 33 heavy (non-hydrogen) atoms. The highest BCUT2D eigenvalue weighted by Gasteiger charge is 2.26. The molecule has 2 fully saturated rings. The Bertz CT molecular complexity index is 1160. The lowest BCUT2D eigenvalue weighted by molar-refractivity contribution is 0.0786. The van der Waals surface area contributed by atoms with Gasteiger partial charge in [0.15, 0.2) is 0 Å². The van der Waals surface area contributed by atoms with Crippen LogP contribution in [0.1, 0.15) is 41.6 Å². The van der Waals surface area contributed by atoms with Crippen LogP contribution in [0.3, 0.4) is 0 Å². The first kappa shape index (κ1) is 21.8. The van der Waals surface area contributed by atoms with Crippen LogP contribution in [0.5, 0.6) is 0 Å². The third kappa shape index (κ3) is 4.42. The lowest BCUT2D eigenvalue weighted by Crippen LogP contribution is -2.39. The van der Waals surface area contributed by atoms with Gasteiger partial charge < -0.3 is 15.1 Å². The molecule has 7 heteroatoms. The van der Waals surface area contributed by atoms with Gasteiger partial charge in [-0.05, 0) is 74.5 Å². The second-order valence-electron chi connectivity index (χ2n) is 9.27. The topological polar surface area (TPSA) is 61.4 Å². The predicted octanol–water partition coefficient (Wildman–Crippen LogP) is 4.17. The minimum atomic E-state index is -0.328. The molecule has 2 aromatic heterocycles. The molecule has 0 spiro atoms. The van der Waals surface area contributed by atoms with E-state index in [0.717, 1.165) is 56.7 Å². The van der Waals surface area contributed by atoms with Gasteiger partial charge in [-0.1, -0.05) is 6.07 Å². The third-order valence-corrected chi connectivity index (χ3v) is 6.70. The molecular weight excluding hydrogens is 417 g/mol. The van der Waals surface area contributed by atoms with Crippen molar-refractivity contribution in [3.8, 4) is 11.1 Å². The third-order valence-electron chi connectivity index (χ3n) is 6.70. The van der Waals surface area contributed by atoms with Gasteiger partial charge in [0.25, 0.3) is 5.91 Å². The van der Waals surface area contributed by atoms with Gasteiger partial charge in [-0.3, -0.25) is 9.78 Å². The summed E-state index contributed by atoms with van der Waals surface area (Å²) in [5, 5.41) is 3.46. The molecule has 0 unspecified atom stereocenters.